The molecule has 16 heavy (non-hydrogen) atoms. The van der Waals surface area contributed by atoms with Gasteiger partial charge in [0.05, 0.1) is 6.10 Å². The van der Waals surface area contributed by atoms with Gasteiger partial charge in [-0.15, -0.1) is 0 Å². The molecule has 0 aromatic rings. The van der Waals surface area contributed by atoms with Crippen LogP contribution in [-0.4, -0.2) is 43.4 Å². The largest absolute Gasteiger partial charge is 0.376 e. The van der Waals surface area contributed by atoms with Gasteiger partial charge in [-0.2, -0.15) is 0 Å². The van der Waals surface area contributed by atoms with E-state index in [-0.39, 0.29) is 12.0 Å². The lowest BCUT2D eigenvalue weighted by molar-refractivity contribution is -0.0755. The molecule has 94 valence electrons. The summed E-state index contributed by atoms with van der Waals surface area (Å²) < 4.78 is 19.3. The lowest BCUT2D eigenvalue weighted by atomic mass is 9.93. The van der Waals surface area contributed by atoms with Crippen LogP contribution in [-0.2, 0) is 4.74 Å². The smallest absolute Gasteiger partial charge is 0.107 e. The molecule has 0 aliphatic carbocycles. The van der Waals surface area contributed by atoms with Crippen LogP contribution in [0.3, 0.4) is 0 Å². The molecule has 0 bridgehead atoms. The lowest BCUT2D eigenvalue weighted by Crippen LogP contribution is -2.46. The molecule has 2 saturated heterocycles. The van der Waals surface area contributed by atoms with Crippen LogP contribution >= 0.6 is 0 Å². The van der Waals surface area contributed by atoms with E-state index < -0.39 is 6.17 Å². The van der Waals surface area contributed by atoms with E-state index in [1.807, 2.05) is 6.92 Å². The fraction of sp³-hybridized carbons (Fsp3) is 1.00. The summed E-state index contributed by atoms with van der Waals surface area (Å²) in [6, 6.07) is 0. The van der Waals surface area contributed by atoms with E-state index in [1.165, 1.54) is 12.8 Å². The quantitative estimate of drug-likeness (QED) is 0.721. The average Bonchev–Trinajstić information content (AvgIpc) is 2.25. The molecule has 0 unspecified atom stereocenters. The summed E-state index contributed by atoms with van der Waals surface area (Å²) in [4.78, 5) is 2.45. The number of nitrogens with zero attached hydrogens (tertiary/aromatic N) is 1. The standard InChI is InChI=1S/C13H24FNO/c1-10-4-3-6-15(8-10)9-13-11(2)12(14)5-7-16-13/h10-13H,3-9H2,1-2H3/t10-,11+,12+,13+/m1/s1. The van der Waals surface area contributed by atoms with Crippen molar-refractivity contribution in [2.75, 3.05) is 26.2 Å². The van der Waals surface area contributed by atoms with Crippen LogP contribution in [0.1, 0.15) is 33.1 Å². The molecule has 2 nitrogen and oxygen atoms in total. The normalized spacial score (nSPS) is 42.2. The summed E-state index contributed by atoms with van der Waals surface area (Å²) in [6.07, 6.45) is 2.63. The van der Waals surface area contributed by atoms with Crippen molar-refractivity contribution in [1.29, 1.82) is 0 Å². The highest BCUT2D eigenvalue weighted by Crippen LogP contribution is 2.25. The second-order valence-corrected chi connectivity index (χ2v) is 5.58. The molecule has 2 aliphatic heterocycles. The first kappa shape index (κ1) is 12.3. The molecule has 3 heteroatoms. The van der Waals surface area contributed by atoms with Crippen molar-refractivity contribution in [2.45, 2.75) is 45.4 Å². The Balaban J connectivity index is 1.83. The summed E-state index contributed by atoms with van der Waals surface area (Å²) in [5.41, 5.74) is 0. The molecule has 2 aliphatic rings. The number of ether oxygens (including phenoxy) is 1. The molecular weight excluding hydrogens is 205 g/mol. The number of hydrogen-bond acceptors (Lipinski definition) is 2. The van der Waals surface area contributed by atoms with Crippen molar-refractivity contribution in [1.82, 2.24) is 4.90 Å². The first-order valence-corrected chi connectivity index (χ1v) is 6.65. The van der Waals surface area contributed by atoms with Gasteiger partial charge in [0, 0.05) is 32.0 Å². The summed E-state index contributed by atoms with van der Waals surface area (Å²) in [6.45, 7) is 8.13. The van der Waals surface area contributed by atoms with Gasteiger partial charge in [0.25, 0.3) is 0 Å². The van der Waals surface area contributed by atoms with Gasteiger partial charge in [-0.1, -0.05) is 13.8 Å². The van der Waals surface area contributed by atoms with Crippen LogP contribution in [0.5, 0.6) is 0 Å². The number of piperidine rings is 1. The molecule has 0 N–H and O–H groups in total. The van der Waals surface area contributed by atoms with Crippen LogP contribution in [0.4, 0.5) is 4.39 Å². The van der Waals surface area contributed by atoms with E-state index in [2.05, 4.69) is 11.8 Å². The predicted octanol–water partition coefficient (Wildman–Crippen LogP) is 2.48. The molecule has 2 fully saturated rings. The third kappa shape index (κ3) is 2.95. The SMILES string of the molecule is C[C@@H]1CCCN(C[C@@H]2OCC[C@H](F)[C@@H]2C)C1. The molecule has 0 spiro atoms. The lowest BCUT2D eigenvalue weighted by Gasteiger charge is -2.38. The van der Waals surface area contributed by atoms with Gasteiger partial charge in [-0.3, -0.25) is 0 Å². The van der Waals surface area contributed by atoms with Crippen molar-refractivity contribution in [3.05, 3.63) is 0 Å². The van der Waals surface area contributed by atoms with Gasteiger partial charge in [0.1, 0.15) is 6.17 Å². The van der Waals surface area contributed by atoms with Gasteiger partial charge in [-0.05, 0) is 25.3 Å². The maximum atomic E-state index is 13.6. The summed E-state index contributed by atoms with van der Waals surface area (Å²) in [5, 5.41) is 0. The predicted molar refractivity (Wildman–Crippen MR) is 63.3 cm³/mol. The van der Waals surface area contributed by atoms with Crippen LogP contribution in [0.25, 0.3) is 0 Å². The van der Waals surface area contributed by atoms with Gasteiger partial charge in [0.15, 0.2) is 0 Å². The Hall–Kier alpha value is -0.150. The molecule has 0 saturated carbocycles. The number of rotatable bonds is 2. The minimum Gasteiger partial charge on any atom is -0.376 e. The third-order valence-corrected chi connectivity index (χ3v) is 4.06. The Morgan fingerprint density at radius 3 is 2.88 bits per heavy atom. The van der Waals surface area contributed by atoms with Crippen LogP contribution in [0, 0.1) is 11.8 Å². The number of hydrogen-bond donors (Lipinski definition) is 0. The molecule has 2 rings (SSSR count). The average molecular weight is 229 g/mol. The van der Waals surface area contributed by atoms with Crippen LogP contribution < -0.4 is 0 Å². The first-order chi connectivity index (χ1) is 7.66. The zero-order valence-electron chi connectivity index (χ0n) is 10.5. The topological polar surface area (TPSA) is 12.5 Å². The summed E-state index contributed by atoms with van der Waals surface area (Å²) >= 11 is 0. The Morgan fingerprint density at radius 1 is 1.31 bits per heavy atom. The molecule has 0 aromatic carbocycles. The highest BCUT2D eigenvalue weighted by atomic mass is 19.1. The maximum absolute atomic E-state index is 13.6. The molecular formula is C13H24FNO. The van der Waals surface area contributed by atoms with Gasteiger partial charge >= 0.3 is 0 Å². The van der Waals surface area contributed by atoms with Crippen molar-refractivity contribution in [2.24, 2.45) is 11.8 Å². The van der Waals surface area contributed by atoms with Crippen LogP contribution in [0.15, 0.2) is 0 Å². The minimum atomic E-state index is -0.666. The highest BCUT2D eigenvalue weighted by molar-refractivity contribution is 4.82. The number of likely N-dealkylation sites (tertiary alicyclic amines) is 1. The van der Waals surface area contributed by atoms with E-state index in [0.29, 0.717) is 13.0 Å². The fourth-order valence-corrected chi connectivity index (χ4v) is 2.91. The fourth-order valence-electron chi connectivity index (χ4n) is 2.91. The Bertz CT molecular complexity index is 224. The maximum Gasteiger partial charge on any atom is 0.107 e. The molecule has 4 atom stereocenters. The van der Waals surface area contributed by atoms with E-state index in [4.69, 9.17) is 4.74 Å². The van der Waals surface area contributed by atoms with Crippen molar-refractivity contribution in [3.8, 4) is 0 Å². The Morgan fingerprint density at radius 2 is 2.12 bits per heavy atom. The minimum absolute atomic E-state index is 0.0611. The van der Waals surface area contributed by atoms with E-state index >= 15 is 0 Å². The first-order valence-electron chi connectivity index (χ1n) is 6.65. The van der Waals surface area contributed by atoms with Crippen molar-refractivity contribution < 1.29 is 9.13 Å². The molecule has 0 amide bonds. The molecule has 2 heterocycles. The van der Waals surface area contributed by atoms with Gasteiger partial charge in [0.2, 0.25) is 0 Å². The van der Waals surface area contributed by atoms with Gasteiger partial charge < -0.3 is 9.64 Å². The van der Waals surface area contributed by atoms with E-state index in [0.717, 1.165) is 25.6 Å². The summed E-state index contributed by atoms with van der Waals surface area (Å²) in [5.74, 6) is 0.847. The Labute approximate surface area is 98.1 Å². The second kappa shape index (κ2) is 5.46. The third-order valence-electron chi connectivity index (χ3n) is 4.06. The van der Waals surface area contributed by atoms with Crippen molar-refractivity contribution >= 4 is 0 Å². The zero-order chi connectivity index (χ0) is 11.5. The van der Waals surface area contributed by atoms with E-state index in [1.54, 1.807) is 0 Å². The number of halogens is 1. The Kier molecular flexibility index (Phi) is 4.20. The van der Waals surface area contributed by atoms with Gasteiger partial charge in [-0.25, -0.2) is 4.39 Å². The monoisotopic (exact) mass is 229 g/mol. The highest BCUT2D eigenvalue weighted by Gasteiger charge is 2.32. The van der Waals surface area contributed by atoms with E-state index in [9.17, 15) is 4.39 Å². The molecule has 0 aromatic heterocycles. The summed E-state index contributed by atoms with van der Waals surface area (Å²) in [7, 11) is 0. The van der Waals surface area contributed by atoms with Crippen molar-refractivity contribution in [3.63, 3.8) is 0 Å². The van der Waals surface area contributed by atoms with Crippen LogP contribution in [0.2, 0.25) is 0 Å². The number of alkyl halides is 1. The second-order valence-electron chi connectivity index (χ2n) is 5.58. The molecule has 0 radical (unpaired) electrons. The zero-order valence-corrected chi connectivity index (χ0v) is 10.5.